The van der Waals surface area contributed by atoms with Gasteiger partial charge in [-0.05, 0) is 31.6 Å². The molecule has 1 atom stereocenters. The number of hydrogen-bond donors (Lipinski definition) is 2. The van der Waals surface area contributed by atoms with Crippen LogP contribution in [0.5, 0.6) is 0 Å². The van der Waals surface area contributed by atoms with Gasteiger partial charge < -0.3 is 19.9 Å². The largest absolute Gasteiger partial charge is 0.376 e. The third-order valence-electron chi connectivity index (χ3n) is 5.72. The molecule has 1 saturated carbocycles. The predicted octanol–water partition coefficient (Wildman–Crippen LogP) is 2.65. The SMILES string of the molecule is CC(C)CNC(=O)c1cn(C2CCCCC2)cc(C(=O)NCC2CCCO2)c1=O. The normalized spacial score (nSPS) is 20.0. The number of carbonyl (C=O) groups is 2. The van der Waals surface area contributed by atoms with Crippen LogP contribution in [0, 0.1) is 5.92 Å². The minimum absolute atomic E-state index is 0.00274. The Morgan fingerprint density at radius 2 is 1.69 bits per heavy atom. The Labute approximate surface area is 172 Å². The molecular weight excluding hydrogens is 370 g/mol. The number of nitrogens with zero attached hydrogens (tertiary/aromatic N) is 1. The van der Waals surface area contributed by atoms with Gasteiger partial charge in [0, 0.05) is 38.1 Å². The fourth-order valence-electron chi connectivity index (χ4n) is 4.01. The molecule has 1 aliphatic carbocycles. The average molecular weight is 404 g/mol. The van der Waals surface area contributed by atoms with Gasteiger partial charge in [-0.2, -0.15) is 0 Å². The van der Waals surface area contributed by atoms with Crippen LogP contribution in [0.2, 0.25) is 0 Å². The molecule has 2 heterocycles. The second kappa shape index (κ2) is 10.1. The first-order valence-electron chi connectivity index (χ1n) is 10.9. The summed E-state index contributed by atoms with van der Waals surface area (Å²) in [5.74, 6) is -0.576. The van der Waals surface area contributed by atoms with Crippen molar-refractivity contribution in [3.8, 4) is 0 Å². The van der Waals surface area contributed by atoms with E-state index in [0.717, 1.165) is 38.5 Å². The minimum Gasteiger partial charge on any atom is -0.376 e. The van der Waals surface area contributed by atoms with Gasteiger partial charge in [-0.3, -0.25) is 14.4 Å². The molecule has 2 N–H and O–H groups in total. The van der Waals surface area contributed by atoms with E-state index in [-0.39, 0.29) is 29.2 Å². The minimum atomic E-state index is -0.511. The van der Waals surface area contributed by atoms with Crippen LogP contribution in [0.15, 0.2) is 17.2 Å². The van der Waals surface area contributed by atoms with Crippen LogP contribution in [0.25, 0.3) is 0 Å². The summed E-state index contributed by atoms with van der Waals surface area (Å²) in [5.41, 5.74) is -0.435. The Kier molecular flexibility index (Phi) is 7.47. The third kappa shape index (κ3) is 5.69. The molecule has 0 bridgehead atoms. The van der Waals surface area contributed by atoms with E-state index in [9.17, 15) is 14.4 Å². The molecule has 1 aromatic rings. The molecule has 3 rings (SSSR count). The van der Waals surface area contributed by atoms with E-state index in [1.54, 1.807) is 12.4 Å². The number of pyridine rings is 1. The summed E-state index contributed by atoms with van der Waals surface area (Å²) in [6.45, 7) is 5.56. The maximum Gasteiger partial charge on any atom is 0.256 e. The van der Waals surface area contributed by atoms with E-state index in [2.05, 4.69) is 10.6 Å². The van der Waals surface area contributed by atoms with E-state index in [4.69, 9.17) is 4.74 Å². The van der Waals surface area contributed by atoms with Crippen LogP contribution in [-0.4, -0.2) is 42.2 Å². The molecule has 0 aromatic carbocycles. The van der Waals surface area contributed by atoms with E-state index in [1.165, 1.54) is 6.42 Å². The molecule has 2 fully saturated rings. The van der Waals surface area contributed by atoms with Crippen molar-refractivity contribution < 1.29 is 14.3 Å². The van der Waals surface area contributed by atoms with Gasteiger partial charge in [0.15, 0.2) is 0 Å². The van der Waals surface area contributed by atoms with Crippen LogP contribution < -0.4 is 16.1 Å². The molecule has 0 radical (unpaired) electrons. The molecule has 1 aromatic heterocycles. The zero-order chi connectivity index (χ0) is 20.8. The van der Waals surface area contributed by atoms with Gasteiger partial charge in [0.05, 0.1) is 6.10 Å². The molecule has 7 nitrogen and oxygen atoms in total. The van der Waals surface area contributed by atoms with Gasteiger partial charge in [0.2, 0.25) is 5.43 Å². The third-order valence-corrected chi connectivity index (χ3v) is 5.72. The molecule has 29 heavy (non-hydrogen) atoms. The fraction of sp³-hybridized carbons (Fsp3) is 0.682. The smallest absolute Gasteiger partial charge is 0.256 e. The van der Waals surface area contributed by atoms with E-state index in [0.29, 0.717) is 19.7 Å². The Balaban J connectivity index is 1.85. The maximum atomic E-state index is 13.0. The zero-order valence-corrected chi connectivity index (χ0v) is 17.5. The average Bonchev–Trinajstić information content (AvgIpc) is 3.24. The summed E-state index contributed by atoms with van der Waals surface area (Å²) in [6, 6.07) is 0.214. The summed E-state index contributed by atoms with van der Waals surface area (Å²) < 4.78 is 7.45. The molecule has 160 valence electrons. The quantitative estimate of drug-likeness (QED) is 0.732. The summed E-state index contributed by atoms with van der Waals surface area (Å²) >= 11 is 0. The van der Waals surface area contributed by atoms with Crippen molar-refractivity contribution >= 4 is 11.8 Å². The Bertz CT molecular complexity index is 775. The van der Waals surface area contributed by atoms with Crippen molar-refractivity contribution in [1.82, 2.24) is 15.2 Å². The molecule has 1 unspecified atom stereocenters. The van der Waals surface area contributed by atoms with Crippen LogP contribution in [0.1, 0.15) is 85.6 Å². The lowest BCUT2D eigenvalue weighted by Gasteiger charge is -2.25. The summed E-state index contributed by atoms with van der Waals surface area (Å²) in [6.07, 6.45) is 10.6. The zero-order valence-electron chi connectivity index (χ0n) is 17.5. The predicted molar refractivity (Wildman–Crippen MR) is 111 cm³/mol. The van der Waals surface area contributed by atoms with Gasteiger partial charge in [-0.25, -0.2) is 0 Å². The molecule has 7 heteroatoms. The second-order valence-electron chi connectivity index (χ2n) is 8.60. The number of ether oxygens (including phenoxy) is 1. The molecule has 2 amide bonds. The number of carbonyl (C=O) groups excluding carboxylic acids is 2. The molecule has 1 saturated heterocycles. The van der Waals surface area contributed by atoms with E-state index in [1.807, 2.05) is 18.4 Å². The number of nitrogens with one attached hydrogen (secondary N) is 2. The summed E-state index contributed by atoms with van der Waals surface area (Å²) in [4.78, 5) is 38.4. The first kappa shape index (κ1) is 21.6. The molecule has 2 aliphatic rings. The van der Waals surface area contributed by atoms with Crippen LogP contribution in [0.4, 0.5) is 0 Å². The second-order valence-corrected chi connectivity index (χ2v) is 8.60. The van der Waals surface area contributed by atoms with Crippen molar-refractivity contribution in [1.29, 1.82) is 0 Å². The molecule has 0 spiro atoms. The van der Waals surface area contributed by atoms with Gasteiger partial charge in [0.25, 0.3) is 11.8 Å². The highest BCUT2D eigenvalue weighted by Crippen LogP contribution is 2.28. The fourth-order valence-corrected chi connectivity index (χ4v) is 4.01. The van der Waals surface area contributed by atoms with Gasteiger partial charge in [-0.15, -0.1) is 0 Å². The van der Waals surface area contributed by atoms with Crippen molar-refractivity contribution in [2.75, 3.05) is 19.7 Å². The first-order valence-corrected chi connectivity index (χ1v) is 10.9. The Morgan fingerprint density at radius 1 is 1.03 bits per heavy atom. The van der Waals surface area contributed by atoms with Crippen molar-refractivity contribution in [2.24, 2.45) is 5.92 Å². The first-order chi connectivity index (χ1) is 14.0. The lowest BCUT2D eigenvalue weighted by Crippen LogP contribution is -2.38. The van der Waals surface area contributed by atoms with Gasteiger partial charge in [-0.1, -0.05) is 33.1 Å². The van der Waals surface area contributed by atoms with Gasteiger partial charge in [0.1, 0.15) is 11.1 Å². The molecular formula is C22H33N3O4. The van der Waals surface area contributed by atoms with Crippen LogP contribution in [0.3, 0.4) is 0 Å². The number of amides is 2. The van der Waals surface area contributed by atoms with Gasteiger partial charge >= 0.3 is 0 Å². The highest BCUT2D eigenvalue weighted by Gasteiger charge is 2.24. The standard InChI is InChI=1S/C22H33N3O4/c1-15(2)11-23-21(27)18-13-25(16-7-4-3-5-8-16)14-19(20(18)26)22(28)24-12-17-9-6-10-29-17/h13-17H,3-12H2,1-2H3,(H,23,27)(H,24,28). The Morgan fingerprint density at radius 3 is 2.28 bits per heavy atom. The lowest BCUT2D eigenvalue weighted by atomic mass is 9.95. The van der Waals surface area contributed by atoms with Crippen LogP contribution >= 0.6 is 0 Å². The lowest BCUT2D eigenvalue weighted by molar-refractivity contribution is 0.0856. The maximum absolute atomic E-state index is 13.0. The highest BCUT2D eigenvalue weighted by atomic mass is 16.5. The van der Waals surface area contributed by atoms with E-state index >= 15 is 0 Å². The summed E-state index contributed by atoms with van der Waals surface area (Å²) in [7, 11) is 0. The van der Waals surface area contributed by atoms with Crippen molar-refractivity contribution in [2.45, 2.75) is 70.9 Å². The van der Waals surface area contributed by atoms with Crippen LogP contribution in [-0.2, 0) is 4.74 Å². The number of aromatic nitrogens is 1. The number of rotatable bonds is 7. The number of hydrogen-bond acceptors (Lipinski definition) is 4. The van der Waals surface area contributed by atoms with E-state index < -0.39 is 17.2 Å². The van der Waals surface area contributed by atoms with Crippen molar-refractivity contribution in [3.63, 3.8) is 0 Å². The van der Waals surface area contributed by atoms with Crippen molar-refractivity contribution in [3.05, 3.63) is 33.7 Å². The highest BCUT2D eigenvalue weighted by molar-refractivity contribution is 5.99. The molecule has 1 aliphatic heterocycles. The summed E-state index contributed by atoms with van der Waals surface area (Å²) in [5, 5.41) is 5.63. The Hall–Kier alpha value is -2.15. The topological polar surface area (TPSA) is 89.4 Å². The monoisotopic (exact) mass is 403 g/mol.